The molecular weight excluding hydrogens is 243 g/mol. The summed E-state index contributed by atoms with van der Waals surface area (Å²) in [6, 6.07) is 0. The Morgan fingerprint density at radius 3 is 2.45 bits per heavy atom. The van der Waals surface area contributed by atoms with Crippen molar-refractivity contribution in [1.82, 2.24) is 0 Å². The van der Waals surface area contributed by atoms with Gasteiger partial charge in [-0.25, -0.2) is 0 Å². The maximum Gasteiger partial charge on any atom is 2.00 e. The van der Waals surface area contributed by atoms with Crippen LogP contribution in [0.5, 0.6) is 0 Å². The van der Waals surface area contributed by atoms with E-state index in [1.807, 2.05) is 0 Å². The minimum absolute atomic E-state index is 0. The van der Waals surface area contributed by atoms with Crippen LogP contribution in [0.2, 0.25) is 0 Å². The van der Waals surface area contributed by atoms with E-state index in [4.69, 9.17) is 11.6 Å². The molecule has 0 heterocycles. The minimum Gasteiger partial charge on any atom is -1.00 e. The monoisotopic (exact) mass is 246 g/mol. The van der Waals surface area contributed by atoms with Crippen molar-refractivity contribution in [1.29, 1.82) is 0 Å². The van der Waals surface area contributed by atoms with Gasteiger partial charge in [-0.1, -0.05) is 0 Å². The van der Waals surface area contributed by atoms with E-state index in [0.29, 0.717) is 0 Å². The van der Waals surface area contributed by atoms with Crippen molar-refractivity contribution in [2.45, 2.75) is 0 Å². The van der Waals surface area contributed by atoms with Gasteiger partial charge in [0.25, 0.3) is 0 Å². The quantitative estimate of drug-likeness (QED) is 0.395. The largest absolute Gasteiger partial charge is 2.00 e. The summed E-state index contributed by atoms with van der Waals surface area (Å²) in [5, 5.41) is 0.127. The fourth-order valence-electron chi connectivity index (χ4n) is 0.540. The van der Waals surface area contributed by atoms with Crippen molar-refractivity contribution in [3.63, 3.8) is 0 Å². The fraction of sp³-hybridized carbons (Fsp3) is 0. The van der Waals surface area contributed by atoms with E-state index < -0.39 is 6.17 Å². The second-order valence-corrected chi connectivity index (χ2v) is 2.16. The summed E-state index contributed by atoms with van der Waals surface area (Å²) in [6.45, 7) is 3.57. The molecule has 1 rings (SSSR count). The second kappa shape index (κ2) is 6.11. The summed E-state index contributed by atoms with van der Waals surface area (Å²) in [7, 11) is 0. The van der Waals surface area contributed by atoms with Gasteiger partial charge in [0.05, 0.1) is 0 Å². The van der Waals surface area contributed by atoms with Gasteiger partial charge in [0.2, 0.25) is 0 Å². The minimum atomic E-state index is -0.399. The van der Waals surface area contributed by atoms with Gasteiger partial charge in [-0.2, -0.15) is 6.08 Å². The zero-order valence-electron chi connectivity index (χ0n) is 5.78. The van der Waals surface area contributed by atoms with Gasteiger partial charge in [-0.15, -0.1) is 35.9 Å². The van der Waals surface area contributed by atoms with Gasteiger partial charge in [0.1, 0.15) is 0 Å². The van der Waals surface area contributed by atoms with E-state index in [-0.39, 0.29) is 45.1 Å². The molecule has 0 atom stereocenters. The number of hydrogen-bond donors (Lipinski definition) is 0. The molecule has 0 radical (unpaired) electrons. The molecule has 0 saturated heterocycles. The topological polar surface area (TPSA) is 0 Å². The molecule has 0 N–H and O–H groups in total. The molecular formula is C7H5BrClFMg. The Balaban J connectivity index is 0. The van der Waals surface area contributed by atoms with Crippen LogP contribution < -0.4 is 17.0 Å². The van der Waals surface area contributed by atoms with E-state index in [1.165, 1.54) is 12.2 Å². The third kappa shape index (κ3) is 4.21. The van der Waals surface area contributed by atoms with Crippen molar-refractivity contribution >= 4 is 34.7 Å². The first-order valence-electron chi connectivity index (χ1n) is 2.47. The standard InChI is InChI=1S/C7H5ClF.BrH.Mg/c1-5-2-3-7(9)6(8)4-5;;/h2-4H,1H2;1H;/q-1;;+2/p-1. The Labute approximate surface area is 97.1 Å². The predicted octanol–water partition coefficient (Wildman–Crippen LogP) is -0.640. The molecule has 0 aromatic heterocycles. The van der Waals surface area contributed by atoms with Crippen molar-refractivity contribution in [3.05, 3.63) is 41.6 Å². The van der Waals surface area contributed by atoms with Gasteiger partial charge in [-0.05, 0) is 5.03 Å². The van der Waals surface area contributed by atoms with Gasteiger partial charge in [-0.3, -0.25) is 4.39 Å². The van der Waals surface area contributed by atoms with Crippen molar-refractivity contribution in [3.8, 4) is 0 Å². The van der Waals surface area contributed by atoms with Crippen LogP contribution in [-0.2, 0) is 0 Å². The summed E-state index contributed by atoms with van der Waals surface area (Å²) in [5.74, 6) is 0. The molecule has 0 bridgehead atoms. The van der Waals surface area contributed by atoms with Crippen LogP contribution in [0.1, 0.15) is 0 Å². The predicted molar refractivity (Wildman–Crippen MR) is 42.3 cm³/mol. The van der Waals surface area contributed by atoms with Crippen LogP contribution in [0.4, 0.5) is 4.39 Å². The van der Waals surface area contributed by atoms with Crippen molar-refractivity contribution in [2.75, 3.05) is 0 Å². The van der Waals surface area contributed by atoms with Crippen LogP contribution in [-0.4, -0.2) is 23.1 Å². The molecule has 0 unspecified atom stereocenters. The molecule has 0 saturated carbocycles. The van der Waals surface area contributed by atoms with E-state index in [2.05, 4.69) is 6.58 Å². The Hall–Kier alpha value is 0.556. The zero-order chi connectivity index (χ0) is 6.85. The normalized spacial score (nSPS) is 14.9. The molecule has 56 valence electrons. The summed E-state index contributed by atoms with van der Waals surface area (Å²) in [4.78, 5) is 0. The molecule has 0 nitrogen and oxygen atoms in total. The van der Waals surface area contributed by atoms with Crippen LogP contribution in [0.15, 0.2) is 35.4 Å². The molecule has 0 spiro atoms. The Kier molecular flexibility index (Phi) is 7.84. The maximum atomic E-state index is 12.3. The Morgan fingerprint density at radius 2 is 2.09 bits per heavy atom. The molecule has 1 aliphatic rings. The van der Waals surface area contributed by atoms with Crippen LogP contribution in [0.25, 0.3) is 0 Å². The number of hydrogen-bond acceptors (Lipinski definition) is 0. The van der Waals surface area contributed by atoms with Gasteiger partial charge < -0.3 is 17.0 Å². The molecule has 0 amide bonds. The number of rotatable bonds is 0. The molecule has 11 heavy (non-hydrogen) atoms. The number of halogens is 3. The zero-order valence-corrected chi connectivity index (χ0v) is 9.54. The first-order chi connectivity index (χ1) is 4.20. The third-order valence-electron chi connectivity index (χ3n) is 0.984. The first kappa shape index (κ1) is 14.1. The first-order valence-corrected chi connectivity index (χ1v) is 2.85. The van der Waals surface area contributed by atoms with Crippen LogP contribution in [0, 0.1) is 6.17 Å². The molecule has 0 aromatic carbocycles. The average Bonchev–Trinajstić information content (AvgIpc) is 1.80. The van der Waals surface area contributed by atoms with E-state index in [1.54, 1.807) is 6.08 Å². The SMILES string of the molecule is C=C1C=C[C-](F)C(Cl)=C1.[Br-].[Mg+2]. The molecule has 4 heteroatoms. The number of allylic oxidation sites excluding steroid dienone is 5. The summed E-state index contributed by atoms with van der Waals surface area (Å²) in [6.07, 6.45) is 3.95. The van der Waals surface area contributed by atoms with Crippen molar-refractivity contribution < 1.29 is 21.4 Å². The summed E-state index contributed by atoms with van der Waals surface area (Å²) in [5.41, 5.74) is 0.724. The average molecular weight is 248 g/mol. The van der Waals surface area contributed by atoms with Gasteiger partial charge in [0.15, 0.2) is 0 Å². The summed E-state index contributed by atoms with van der Waals surface area (Å²) >= 11 is 5.40. The van der Waals surface area contributed by atoms with E-state index in [9.17, 15) is 4.39 Å². The molecule has 0 aliphatic heterocycles. The smallest absolute Gasteiger partial charge is 1.00 e. The van der Waals surface area contributed by atoms with Crippen LogP contribution >= 0.6 is 11.6 Å². The molecule has 0 fully saturated rings. The molecule has 0 aromatic rings. The molecule has 1 aliphatic carbocycles. The van der Waals surface area contributed by atoms with E-state index >= 15 is 0 Å². The van der Waals surface area contributed by atoms with Gasteiger partial charge in [0, 0.05) is 6.17 Å². The fourth-order valence-corrected chi connectivity index (χ4v) is 0.743. The van der Waals surface area contributed by atoms with Gasteiger partial charge >= 0.3 is 23.1 Å². The Morgan fingerprint density at radius 1 is 1.55 bits per heavy atom. The van der Waals surface area contributed by atoms with E-state index in [0.717, 1.165) is 5.57 Å². The van der Waals surface area contributed by atoms with Crippen LogP contribution in [0.3, 0.4) is 0 Å². The van der Waals surface area contributed by atoms with Crippen molar-refractivity contribution in [2.24, 2.45) is 0 Å². The third-order valence-corrected chi connectivity index (χ3v) is 1.27. The summed E-state index contributed by atoms with van der Waals surface area (Å²) < 4.78 is 12.3. The maximum absolute atomic E-state index is 12.3. The second-order valence-electron chi connectivity index (χ2n) is 1.75. The Bertz CT molecular complexity index is 201.